The van der Waals surface area contributed by atoms with Gasteiger partial charge in [-0.3, -0.25) is 0 Å². The fourth-order valence-corrected chi connectivity index (χ4v) is 2.67. The summed E-state index contributed by atoms with van der Waals surface area (Å²) >= 11 is 0. The van der Waals surface area contributed by atoms with E-state index in [1.807, 2.05) is 19.9 Å². The average Bonchev–Trinajstić information content (AvgIpc) is 2.76. The number of para-hydroxylation sites is 1. The maximum atomic E-state index is 13.7. The largest absolute Gasteiger partial charge is 0.496 e. The number of nitrogens with zero attached hydrogens (tertiary/aromatic N) is 1. The smallest absolute Gasteiger partial charge is 0.341 e. The van der Waals surface area contributed by atoms with Crippen molar-refractivity contribution in [2.45, 2.75) is 26.5 Å². The third-order valence-electron chi connectivity index (χ3n) is 4.15. The van der Waals surface area contributed by atoms with E-state index in [0.29, 0.717) is 36.9 Å². The Morgan fingerprint density at radius 3 is 2.57 bits per heavy atom. The molecule has 0 heterocycles. The van der Waals surface area contributed by atoms with Gasteiger partial charge in [0, 0.05) is 6.54 Å². The van der Waals surface area contributed by atoms with E-state index in [1.165, 1.54) is 20.3 Å². The molecule has 30 heavy (non-hydrogen) atoms. The first-order valence-corrected chi connectivity index (χ1v) is 9.67. The number of esters is 1. The molecule has 0 spiro atoms. The van der Waals surface area contributed by atoms with E-state index in [-0.39, 0.29) is 11.9 Å². The molecule has 0 radical (unpaired) electrons. The number of carbonyl (C=O) groups is 1. The summed E-state index contributed by atoms with van der Waals surface area (Å²) in [4.78, 5) is 16.5. The van der Waals surface area contributed by atoms with E-state index in [0.717, 1.165) is 5.56 Å². The number of hydrogen-bond donors (Lipinski definition) is 2. The molecular formula is C22H28FN3O4. The minimum absolute atomic E-state index is 0.210. The SMILES string of the molecule is CCNC(=NCc1ccc(OC)c(C(=O)OC)c1)NCC(C)Oc1ccccc1F. The molecule has 0 aromatic heterocycles. The van der Waals surface area contributed by atoms with Crippen molar-refractivity contribution in [3.63, 3.8) is 0 Å². The van der Waals surface area contributed by atoms with Gasteiger partial charge in [-0.05, 0) is 43.7 Å². The number of benzene rings is 2. The second kappa shape index (κ2) is 11.6. The lowest BCUT2D eigenvalue weighted by atomic mass is 10.1. The van der Waals surface area contributed by atoms with Crippen LogP contribution in [0.3, 0.4) is 0 Å². The number of aliphatic imine (C=N–C) groups is 1. The maximum Gasteiger partial charge on any atom is 0.341 e. The fraction of sp³-hybridized carbons (Fsp3) is 0.364. The molecule has 1 atom stereocenters. The minimum Gasteiger partial charge on any atom is -0.496 e. The first-order valence-electron chi connectivity index (χ1n) is 9.67. The highest BCUT2D eigenvalue weighted by atomic mass is 19.1. The van der Waals surface area contributed by atoms with E-state index in [2.05, 4.69) is 15.6 Å². The molecule has 0 saturated heterocycles. The zero-order valence-electron chi connectivity index (χ0n) is 17.7. The Hall–Kier alpha value is -3.29. The summed E-state index contributed by atoms with van der Waals surface area (Å²) in [5.41, 5.74) is 1.17. The molecule has 0 aliphatic heterocycles. The Morgan fingerprint density at radius 1 is 1.13 bits per heavy atom. The zero-order valence-corrected chi connectivity index (χ0v) is 17.7. The van der Waals surface area contributed by atoms with Crippen LogP contribution in [0.15, 0.2) is 47.5 Å². The summed E-state index contributed by atoms with van der Waals surface area (Å²) in [5, 5.41) is 6.32. The van der Waals surface area contributed by atoms with Crippen molar-refractivity contribution < 1.29 is 23.4 Å². The summed E-state index contributed by atoms with van der Waals surface area (Å²) in [5.74, 6) is 0.366. The van der Waals surface area contributed by atoms with Crippen molar-refractivity contribution in [1.29, 1.82) is 0 Å². The summed E-state index contributed by atoms with van der Waals surface area (Å²) in [7, 11) is 2.82. The van der Waals surface area contributed by atoms with Crippen LogP contribution in [0, 0.1) is 5.82 Å². The lowest BCUT2D eigenvalue weighted by Crippen LogP contribution is -2.41. The molecule has 2 rings (SSSR count). The van der Waals surface area contributed by atoms with Gasteiger partial charge >= 0.3 is 5.97 Å². The van der Waals surface area contributed by atoms with Crippen LogP contribution in [0.5, 0.6) is 11.5 Å². The normalized spacial score (nSPS) is 12.1. The molecule has 162 valence electrons. The fourth-order valence-electron chi connectivity index (χ4n) is 2.67. The van der Waals surface area contributed by atoms with Gasteiger partial charge in [0.15, 0.2) is 17.5 Å². The number of ether oxygens (including phenoxy) is 3. The molecule has 2 N–H and O–H groups in total. The number of rotatable bonds is 9. The van der Waals surface area contributed by atoms with Crippen LogP contribution in [0.1, 0.15) is 29.8 Å². The van der Waals surface area contributed by atoms with Gasteiger partial charge in [-0.15, -0.1) is 0 Å². The molecule has 0 saturated carbocycles. The average molecular weight is 417 g/mol. The Labute approximate surface area is 176 Å². The molecule has 2 aromatic rings. The van der Waals surface area contributed by atoms with Crippen LogP contribution >= 0.6 is 0 Å². The van der Waals surface area contributed by atoms with Crippen molar-refractivity contribution in [1.82, 2.24) is 10.6 Å². The highest BCUT2D eigenvalue weighted by Gasteiger charge is 2.13. The van der Waals surface area contributed by atoms with Crippen LogP contribution < -0.4 is 20.1 Å². The number of hydrogen-bond acceptors (Lipinski definition) is 5. The van der Waals surface area contributed by atoms with E-state index in [9.17, 15) is 9.18 Å². The summed E-state index contributed by atoms with van der Waals surface area (Å²) in [6, 6.07) is 11.5. The lowest BCUT2D eigenvalue weighted by molar-refractivity contribution is 0.0597. The summed E-state index contributed by atoms with van der Waals surface area (Å²) in [6.07, 6.45) is -0.280. The van der Waals surface area contributed by atoms with Gasteiger partial charge in [0.2, 0.25) is 0 Å². The van der Waals surface area contributed by atoms with Gasteiger partial charge in [0.25, 0.3) is 0 Å². The Bertz CT molecular complexity index is 873. The molecule has 2 aromatic carbocycles. The molecule has 0 bridgehead atoms. The highest BCUT2D eigenvalue weighted by molar-refractivity contribution is 5.92. The number of halogens is 1. The lowest BCUT2D eigenvalue weighted by Gasteiger charge is -2.18. The van der Waals surface area contributed by atoms with Gasteiger partial charge in [-0.2, -0.15) is 0 Å². The van der Waals surface area contributed by atoms with Crippen molar-refractivity contribution in [3.05, 3.63) is 59.4 Å². The number of methoxy groups -OCH3 is 2. The quantitative estimate of drug-likeness (QED) is 0.371. The van der Waals surface area contributed by atoms with Gasteiger partial charge in [-0.25, -0.2) is 14.2 Å². The summed E-state index contributed by atoms with van der Waals surface area (Å²) in [6.45, 7) is 5.24. The predicted molar refractivity (Wildman–Crippen MR) is 114 cm³/mol. The van der Waals surface area contributed by atoms with Crippen molar-refractivity contribution >= 4 is 11.9 Å². The third kappa shape index (κ3) is 6.65. The molecule has 0 aliphatic rings. The third-order valence-corrected chi connectivity index (χ3v) is 4.15. The second-order valence-corrected chi connectivity index (χ2v) is 6.46. The van der Waals surface area contributed by atoms with E-state index in [4.69, 9.17) is 14.2 Å². The van der Waals surface area contributed by atoms with Crippen LogP contribution in [-0.2, 0) is 11.3 Å². The summed E-state index contributed by atoms with van der Waals surface area (Å²) < 4.78 is 29.4. The van der Waals surface area contributed by atoms with Gasteiger partial charge < -0.3 is 24.8 Å². The van der Waals surface area contributed by atoms with Crippen molar-refractivity contribution in [2.75, 3.05) is 27.3 Å². The van der Waals surface area contributed by atoms with Crippen LogP contribution in [0.2, 0.25) is 0 Å². The van der Waals surface area contributed by atoms with Crippen LogP contribution in [0.25, 0.3) is 0 Å². The van der Waals surface area contributed by atoms with Gasteiger partial charge in [0.05, 0.1) is 27.3 Å². The predicted octanol–water partition coefficient (Wildman–Crippen LogP) is 3.14. The Balaban J connectivity index is 2.02. The molecular weight excluding hydrogens is 389 g/mol. The highest BCUT2D eigenvalue weighted by Crippen LogP contribution is 2.21. The zero-order chi connectivity index (χ0) is 21.9. The standard InChI is InChI=1S/C22H28FN3O4/c1-5-24-22(25-13-15(2)30-20-9-7-6-8-18(20)23)26-14-16-10-11-19(28-3)17(12-16)21(27)29-4/h6-12,15H,5,13-14H2,1-4H3,(H2,24,25,26). The van der Waals surface area contributed by atoms with Gasteiger partial charge in [0.1, 0.15) is 17.4 Å². The maximum absolute atomic E-state index is 13.7. The minimum atomic E-state index is -0.471. The Kier molecular flexibility index (Phi) is 8.93. The topological polar surface area (TPSA) is 81.2 Å². The molecule has 0 fully saturated rings. The molecule has 0 aliphatic carbocycles. The van der Waals surface area contributed by atoms with E-state index >= 15 is 0 Å². The van der Waals surface area contributed by atoms with Crippen LogP contribution in [-0.4, -0.2) is 45.3 Å². The van der Waals surface area contributed by atoms with Crippen LogP contribution in [0.4, 0.5) is 4.39 Å². The van der Waals surface area contributed by atoms with Crippen molar-refractivity contribution in [3.8, 4) is 11.5 Å². The van der Waals surface area contributed by atoms with E-state index in [1.54, 1.807) is 30.3 Å². The number of nitrogens with one attached hydrogen (secondary N) is 2. The molecule has 7 nitrogen and oxygen atoms in total. The monoisotopic (exact) mass is 417 g/mol. The first kappa shape index (κ1) is 23.0. The Morgan fingerprint density at radius 2 is 1.90 bits per heavy atom. The molecule has 0 amide bonds. The van der Waals surface area contributed by atoms with Gasteiger partial charge in [-0.1, -0.05) is 18.2 Å². The van der Waals surface area contributed by atoms with Crippen molar-refractivity contribution in [2.24, 2.45) is 4.99 Å². The second-order valence-electron chi connectivity index (χ2n) is 6.46. The molecule has 1 unspecified atom stereocenters. The number of guanidine groups is 1. The number of carbonyl (C=O) groups excluding carboxylic acids is 1. The first-order chi connectivity index (χ1) is 14.5. The molecule has 8 heteroatoms. The van der Waals surface area contributed by atoms with E-state index < -0.39 is 11.8 Å².